The van der Waals surface area contributed by atoms with E-state index in [-0.39, 0.29) is 17.6 Å². The number of carboxylic acid groups (broad SMARTS) is 1. The molecule has 9 heteroatoms. The number of ether oxygens (including phenoxy) is 2. The van der Waals surface area contributed by atoms with Crippen molar-refractivity contribution in [1.29, 1.82) is 0 Å². The third-order valence-electron chi connectivity index (χ3n) is 6.11. The van der Waals surface area contributed by atoms with Crippen molar-refractivity contribution in [2.75, 3.05) is 5.32 Å². The second-order valence-electron chi connectivity index (χ2n) is 8.63. The number of aryl methyl sites for hydroxylation is 1. The fraction of sp³-hybridized carbons (Fsp3) is 0.346. The Morgan fingerprint density at radius 2 is 1.91 bits per heavy atom. The summed E-state index contributed by atoms with van der Waals surface area (Å²) < 4.78 is 30.8. The van der Waals surface area contributed by atoms with Gasteiger partial charge in [-0.05, 0) is 69.9 Å². The average Bonchev–Trinajstić information content (AvgIpc) is 3.19. The van der Waals surface area contributed by atoms with Gasteiger partial charge in [0.05, 0.1) is 12.0 Å². The van der Waals surface area contributed by atoms with E-state index in [4.69, 9.17) is 14.0 Å². The van der Waals surface area contributed by atoms with E-state index < -0.39 is 24.0 Å². The van der Waals surface area contributed by atoms with E-state index >= 15 is 0 Å². The second kappa shape index (κ2) is 10.6. The molecule has 0 aliphatic heterocycles. The van der Waals surface area contributed by atoms with E-state index in [9.17, 15) is 19.1 Å². The van der Waals surface area contributed by atoms with Crippen molar-refractivity contribution in [2.24, 2.45) is 5.92 Å². The van der Waals surface area contributed by atoms with Crippen LogP contribution in [0.3, 0.4) is 0 Å². The largest absolute Gasteiger partial charge is 0.490 e. The van der Waals surface area contributed by atoms with Crippen molar-refractivity contribution in [2.45, 2.75) is 51.7 Å². The van der Waals surface area contributed by atoms with Crippen LogP contribution < -0.4 is 10.1 Å². The van der Waals surface area contributed by atoms with Crippen LogP contribution in [0.2, 0.25) is 0 Å². The van der Waals surface area contributed by atoms with Gasteiger partial charge in [0.25, 0.3) is 0 Å². The zero-order valence-corrected chi connectivity index (χ0v) is 19.5. The number of nitrogens with one attached hydrogen (secondary N) is 1. The first-order valence-electron chi connectivity index (χ1n) is 11.5. The van der Waals surface area contributed by atoms with Crippen LogP contribution >= 0.6 is 0 Å². The predicted molar refractivity (Wildman–Crippen MR) is 126 cm³/mol. The number of carboxylic acids is 1. The number of hydrogen-bond acceptors (Lipinski definition) is 6. The third-order valence-corrected chi connectivity index (χ3v) is 6.11. The number of aromatic nitrogens is 1. The van der Waals surface area contributed by atoms with E-state index in [0.717, 1.165) is 12.8 Å². The van der Waals surface area contributed by atoms with Gasteiger partial charge in [-0.2, -0.15) is 0 Å². The van der Waals surface area contributed by atoms with E-state index in [2.05, 4.69) is 10.5 Å². The summed E-state index contributed by atoms with van der Waals surface area (Å²) in [6.07, 6.45) is 1.09. The number of halogens is 1. The molecule has 4 rings (SSSR count). The summed E-state index contributed by atoms with van der Waals surface area (Å²) in [6, 6.07) is 13.2. The molecule has 35 heavy (non-hydrogen) atoms. The van der Waals surface area contributed by atoms with E-state index in [1.165, 1.54) is 6.07 Å². The van der Waals surface area contributed by atoms with Gasteiger partial charge in [-0.1, -0.05) is 23.4 Å². The lowest BCUT2D eigenvalue weighted by molar-refractivity contribution is -0.143. The number of rotatable bonds is 7. The van der Waals surface area contributed by atoms with Crippen LogP contribution in [0.5, 0.6) is 5.75 Å². The molecule has 0 unspecified atom stereocenters. The van der Waals surface area contributed by atoms with Crippen molar-refractivity contribution in [1.82, 2.24) is 5.16 Å². The van der Waals surface area contributed by atoms with Crippen molar-refractivity contribution < 1.29 is 33.1 Å². The Hall–Kier alpha value is -3.88. The molecule has 3 atom stereocenters. The smallest absolute Gasteiger partial charge is 0.412 e. The van der Waals surface area contributed by atoms with Gasteiger partial charge in [-0.15, -0.1) is 0 Å². The van der Waals surface area contributed by atoms with Crippen molar-refractivity contribution in [3.05, 3.63) is 65.6 Å². The molecule has 0 radical (unpaired) electrons. The van der Waals surface area contributed by atoms with E-state index in [1.807, 2.05) is 0 Å². The lowest BCUT2D eigenvalue weighted by atomic mass is 9.87. The van der Waals surface area contributed by atoms with Gasteiger partial charge in [0.2, 0.25) is 0 Å². The fourth-order valence-corrected chi connectivity index (χ4v) is 4.23. The minimum Gasteiger partial charge on any atom is -0.490 e. The molecule has 1 aliphatic carbocycles. The second-order valence-corrected chi connectivity index (χ2v) is 8.63. The van der Waals surface area contributed by atoms with Gasteiger partial charge in [-0.25, -0.2) is 9.18 Å². The molecule has 8 nitrogen and oxygen atoms in total. The van der Waals surface area contributed by atoms with Crippen LogP contribution in [-0.2, 0) is 9.53 Å². The van der Waals surface area contributed by atoms with Crippen molar-refractivity contribution in [3.8, 4) is 17.1 Å². The highest BCUT2D eigenvalue weighted by Crippen LogP contribution is 2.34. The maximum Gasteiger partial charge on any atom is 0.412 e. The Balaban J connectivity index is 1.42. The molecular weight excluding hydrogens is 455 g/mol. The summed E-state index contributed by atoms with van der Waals surface area (Å²) in [5.74, 6) is -0.652. The monoisotopic (exact) mass is 482 g/mol. The molecule has 1 aromatic heterocycles. The Kier molecular flexibility index (Phi) is 7.33. The maximum atomic E-state index is 14.0. The number of aliphatic carboxylic acids is 1. The van der Waals surface area contributed by atoms with Crippen molar-refractivity contribution >= 4 is 17.7 Å². The molecule has 1 saturated carbocycles. The SMILES string of the molecule is Cc1noc(-c2ccc(O[C@H]3CCC[C@H](C(=O)O)C3)cc2)c1NC(=O)O[C@H](C)c1ccccc1F. The lowest BCUT2D eigenvalue weighted by Crippen LogP contribution is -2.29. The zero-order valence-electron chi connectivity index (χ0n) is 19.5. The summed E-state index contributed by atoms with van der Waals surface area (Å²) in [5, 5.41) is 15.9. The van der Waals surface area contributed by atoms with Gasteiger partial charge in [0.15, 0.2) is 5.76 Å². The van der Waals surface area contributed by atoms with Crippen molar-refractivity contribution in [3.63, 3.8) is 0 Å². The number of amides is 1. The number of carbonyl (C=O) groups excluding carboxylic acids is 1. The first-order chi connectivity index (χ1) is 16.8. The summed E-state index contributed by atoms with van der Waals surface area (Å²) in [6.45, 7) is 3.27. The third kappa shape index (κ3) is 5.79. The topological polar surface area (TPSA) is 111 Å². The van der Waals surface area contributed by atoms with Gasteiger partial charge >= 0.3 is 12.1 Å². The van der Waals surface area contributed by atoms with Crippen LogP contribution in [0, 0.1) is 18.7 Å². The molecule has 1 amide bonds. The predicted octanol–water partition coefficient (Wildman–Crippen LogP) is 6.12. The standard InChI is InChI=1S/C26H27FN2O6/c1-15-23(28-26(32)33-16(2)21-8-3-4-9-22(21)27)24(35-29-15)17-10-12-19(13-11-17)34-20-7-5-6-18(14-20)25(30)31/h3-4,8-13,16,18,20H,5-7,14H2,1-2H3,(H,28,32)(H,30,31)/t16-,18+,20+/m1/s1. The lowest BCUT2D eigenvalue weighted by Gasteiger charge is -2.27. The molecule has 1 aliphatic rings. The van der Waals surface area contributed by atoms with Crippen LogP contribution in [0.1, 0.15) is 50.0 Å². The highest BCUT2D eigenvalue weighted by atomic mass is 19.1. The number of benzene rings is 2. The number of carbonyl (C=O) groups is 2. The van der Waals surface area contributed by atoms with Gasteiger partial charge < -0.3 is 19.1 Å². The molecular formula is C26H27FN2O6. The number of anilines is 1. The Morgan fingerprint density at radius 3 is 2.63 bits per heavy atom. The Labute approximate surface area is 202 Å². The molecule has 2 N–H and O–H groups in total. The number of hydrogen-bond donors (Lipinski definition) is 2. The van der Waals surface area contributed by atoms with E-state index in [1.54, 1.807) is 56.3 Å². The highest BCUT2D eigenvalue weighted by molar-refractivity contribution is 5.90. The minimum atomic E-state index is -0.795. The average molecular weight is 483 g/mol. The highest BCUT2D eigenvalue weighted by Gasteiger charge is 2.28. The first kappa shape index (κ1) is 24.3. The maximum absolute atomic E-state index is 14.0. The normalized spacial score (nSPS) is 18.5. The van der Waals surface area contributed by atoms with E-state index in [0.29, 0.717) is 41.3 Å². The summed E-state index contributed by atoms with van der Waals surface area (Å²) in [5.41, 5.74) is 1.73. The Bertz CT molecular complexity index is 1190. The minimum absolute atomic E-state index is 0.147. The molecule has 0 spiro atoms. The quantitative estimate of drug-likeness (QED) is 0.417. The molecule has 3 aromatic rings. The molecule has 1 heterocycles. The summed E-state index contributed by atoms with van der Waals surface area (Å²) in [4.78, 5) is 23.8. The molecule has 2 aromatic carbocycles. The first-order valence-corrected chi connectivity index (χ1v) is 11.5. The molecule has 0 saturated heterocycles. The molecule has 1 fully saturated rings. The summed E-state index contributed by atoms with van der Waals surface area (Å²) >= 11 is 0. The zero-order chi connectivity index (χ0) is 24.9. The van der Waals surface area contributed by atoms with Crippen LogP contribution in [0.15, 0.2) is 53.1 Å². The van der Waals surface area contributed by atoms with Gasteiger partial charge in [0, 0.05) is 11.1 Å². The molecule has 0 bridgehead atoms. The summed E-state index contributed by atoms with van der Waals surface area (Å²) in [7, 11) is 0. The number of nitrogens with zero attached hydrogens (tertiary/aromatic N) is 1. The van der Waals surface area contributed by atoms with Crippen LogP contribution in [-0.4, -0.2) is 28.4 Å². The van der Waals surface area contributed by atoms with Gasteiger partial charge in [0.1, 0.15) is 29.1 Å². The van der Waals surface area contributed by atoms with Gasteiger partial charge in [-0.3, -0.25) is 10.1 Å². The molecule has 184 valence electrons. The Morgan fingerprint density at radius 1 is 1.17 bits per heavy atom. The fourth-order valence-electron chi connectivity index (χ4n) is 4.23. The van der Waals surface area contributed by atoms with Crippen LogP contribution in [0.4, 0.5) is 14.9 Å². The van der Waals surface area contributed by atoms with Crippen LogP contribution in [0.25, 0.3) is 11.3 Å².